The summed E-state index contributed by atoms with van der Waals surface area (Å²) in [5.41, 5.74) is 0.769. The molecule has 0 spiro atoms. The zero-order chi connectivity index (χ0) is 21.7. The molecule has 1 fully saturated rings. The van der Waals surface area contributed by atoms with Crippen LogP contribution in [0.1, 0.15) is 22.8 Å². The summed E-state index contributed by atoms with van der Waals surface area (Å²) in [4.78, 5) is 49.4. The van der Waals surface area contributed by atoms with E-state index in [0.717, 1.165) is 16.7 Å². The first-order valence-corrected chi connectivity index (χ1v) is 10.1. The summed E-state index contributed by atoms with van der Waals surface area (Å²) in [5.74, 6) is -1.61. The lowest BCUT2D eigenvalue weighted by Crippen LogP contribution is -2.34. The molecule has 9 heteroatoms. The summed E-state index contributed by atoms with van der Waals surface area (Å²) >= 11 is 6.73. The van der Waals surface area contributed by atoms with Crippen LogP contribution in [0.2, 0.25) is 5.02 Å². The highest BCUT2D eigenvalue weighted by Crippen LogP contribution is 2.32. The average Bonchev–Trinajstić information content (AvgIpc) is 2.96. The molecule has 2 aromatic rings. The number of rotatable bonds is 6. The average molecular weight is 446 g/mol. The molecule has 0 N–H and O–H groups in total. The van der Waals surface area contributed by atoms with Crippen molar-refractivity contribution in [3.05, 3.63) is 69.6 Å². The second kappa shape index (κ2) is 9.60. The molecule has 2 aromatic carbocycles. The molecule has 0 aromatic heterocycles. The van der Waals surface area contributed by atoms with Crippen LogP contribution < -0.4 is 4.74 Å². The van der Waals surface area contributed by atoms with Crippen molar-refractivity contribution in [2.75, 3.05) is 13.2 Å². The number of hydrogen-bond acceptors (Lipinski definition) is 7. The number of benzene rings is 2. The SMILES string of the molecule is CCOC(=O)CN1C(=O)S/C(=C\c2cccc(OC(=O)c3ccccc3Cl)c2)C1=O. The number of thioether (sulfide) groups is 1. The zero-order valence-electron chi connectivity index (χ0n) is 15.8. The maximum Gasteiger partial charge on any atom is 0.345 e. The number of ether oxygens (including phenoxy) is 2. The fraction of sp³-hybridized carbons (Fsp3) is 0.143. The number of carbonyl (C=O) groups is 4. The first kappa shape index (κ1) is 21.6. The largest absolute Gasteiger partial charge is 0.465 e. The Morgan fingerprint density at radius 3 is 2.63 bits per heavy atom. The zero-order valence-corrected chi connectivity index (χ0v) is 17.4. The number of hydrogen-bond donors (Lipinski definition) is 0. The number of nitrogens with zero attached hydrogens (tertiary/aromatic N) is 1. The van der Waals surface area contributed by atoms with E-state index < -0.39 is 29.6 Å². The van der Waals surface area contributed by atoms with Crippen LogP contribution >= 0.6 is 23.4 Å². The summed E-state index contributed by atoms with van der Waals surface area (Å²) in [7, 11) is 0. The van der Waals surface area contributed by atoms with Gasteiger partial charge in [0, 0.05) is 0 Å². The minimum atomic E-state index is -0.658. The monoisotopic (exact) mass is 445 g/mol. The number of carbonyl (C=O) groups excluding carboxylic acids is 4. The lowest BCUT2D eigenvalue weighted by Gasteiger charge is -2.10. The van der Waals surface area contributed by atoms with E-state index in [1.807, 2.05) is 0 Å². The second-order valence-electron chi connectivity index (χ2n) is 6.01. The minimum absolute atomic E-state index is 0.152. The molecule has 1 aliphatic heterocycles. The van der Waals surface area contributed by atoms with E-state index >= 15 is 0 Å². The lowest BCUT2D eigenvalue weighted by molar-refractivity contribution is -0.145. The van der Waals surface area contributed by atoms with Crippen molar-refractivity contribution in [3.8, 4) is 5.75 Å². The highest BCUT2D eigenvalue weighted by Gasteiger charge is 2.36. The Balaban J connectivity index is 1.74. The van der Waals surface area contributed by atoms with Crippen LogP contribution in [0.4, 0.5) is 4.79 Å². The van der Waals surface area contributed by atoms with E-state index in [1.54, 1.807) is 55.5 Å². The quantitative estimate of drug-likeness (QED) is 0.374. The van der Waals surface area contributed by atoms with E-state index in [0.29, 0.717) is 5.56 Å². The van der Waals surface area contributed by atoms with Gasteiger partial charge in [-0.1, -0.05) is 35.9 Å². The van der Waals surface area contributed by atoms with Gasteiger partial charge >= 0.3 is 11.9 Å². The van der Waals surface area contributed by atoms with Crippen LogP contribution in [0.3, 0.4) is 0 Å². The van der Waals surface area contributed by atoms with Gasteiger partial charge in [0.2, 0.25) is 0 Å². The Kier molecular flexibility index (Phi) is 6.91. The standard InChI is InChI=1S/C21H16ClNO6S/c1-2-28-18(24)12-23-19(25)17(30-21(23)27)11-13-6-5-7-14(10-13)29-20(26)15-8-3-4-9-16(15)22/h3-11H,2,12H2,1H3/b17-11-. The first-order valence-electron chi connectivity index (χ1n) is 8.86. The van der Waals surface area contributed by atoms with Crippen molar-refractivity contribution >= 4 is 52.5 Å². The van der Waals surface area contributed by atoms with Crippen molar-refractivity contribution in [2.45, 2.75) is 6.92 Å². The van der Waals surface area contributed by atoms with Gasteiger partial charge < -0.3 is 9.47 Å². The Morgan fingerprint density at radius 2 is 1.90 bits per heavy atom. The Bertz CT molecular complexity index is 1050. The minimum Gasteiger partial charge on any atom is -0.465 e. The summed E-state index contributed by atoms with van der Waals surface area (Å²) in [6.07, 6.45) is 1.49. The highest BCUT2D eigenvalue weighted by molar-refractivity contribution is 8.18. The van der Waals surface area contributed by atoms with Crippen LogP contribution in [0.5, 0.6) is 5.75 Å². The molecule has 30 heavy (non-hydrogen) atoms. The Labute approximate surface area is 181 Å². The molecular weight excluding hydrogens is 430 g/mol. The molecule has 0 saturated carbocycles. The summed E-state index contributed by atoms with van der Waals surface area (Å²) in [5, 5.41) is -0.283. The number of imide groups is 1. The predicted octanol–water partition coefficient (Wildman–Crippen LogP) is 4.16. The summed E-state index contributed by atoms with van der Waals surface area (Å²) in [6.45, 7) is 1.35. The van der Waals surface area contributed by atoms with Gasteiger partial charge in [0.05, 0.1) is 22.1 Å². The molecule has 3 rings (SSSR count). The smallest absolute Gasteiger partial charge is 0.345 e. The predicted molar refractivity (Wildman–Crippen MR) is 112 cm³/mol. The molecule has 154 valence electrons. The molecule has 1 aliphatic rings. The van der Waals surface area contributed by atoms with Gasteiger partial charge in [0.15, 0.2) is 0 Å². The Morgan fingerprint density at radius 1 is 1.13 bits per heavy atom. The molecule has 0 aliphatic carbocycles. The van der Waals surface area contributed by atoms with Crippen LogP contribution in [0.15, 0.2) is 53.4 Å². The molecule has 0 radical (unpaired) electrons. The van der Waals surface area contributed by atoms with Crippen LogP contribution in [0, 0.1) is 0 Å². The number of amides is 2. The molecule has 7 nitrogen and oxygen atoms in total. The lowest BCUT2D eigenvalue weighted by atomic mass is 10.2. The molecule has 0 bridgehead atoms. The molecule has 2 amide bonds. The van der Waals surface area contributed by atoms with Gasteiger partial charge in [-0.05, 0) is 54.6 Å². The summed E-state index contributed by atoms with van der Waals surface area (Å²) in [6, 6.07) is 13.0. The third-order valence-electron chi connectivity index (χ3n) is 3.93. The van der Waals surface area contributed by atoms with Gasteiger partial charge in [-0.15, -0.1) is 0 Å². The summed E-state index contributed by atoms with van der Waals surface area (Å²) < 4.78 is 10.1. The Hall–Kier alpha value is -3.10. The van der Waals surface area contributed by atoms with Crippen LogP contribution in [-0.4, -0.2) is 41.1 Å². The maximum atomic E-state index is 12.5. The van der Waals surface area contributed by atoms with Crippen LogP contribution in [0.25, 0.3) is 6.08 Å². The van der Waals surface area contributed by atoms with Gasteiger partial charge in [0.1, 0.15) is 12.3 Å². The van der Waals surface area contributed by atoms with E-state index in [9.17, 15) is 19.2 Å². The fourth-order valence-corrected chi connectivity index (χ4v) is 3.63. The number of esters is 2. The van der Waals surface area contributed by atoms with Crippen molar-refractivity contribution < 1.29 is 28.7 Å². The third kappa shape index (κ3) is 5.08. The second-order valence-corrected chi connectivity index (χ2v) is 7.42. The van der Waals surface area contributed by atoms with Gasteiger partial charge in [-0.25, -0.2) is 4.79 Å². The molecular formula is C21H16ClNO6S. The molecule has 1 heterocycles. The molecule has 1 saturated heterocycles. The van der Waals surface area contributed by atoms with E-state index in [2.05, 4.69) is 0 Å². The third-order valence-corrected chi connectivity index (χ3v) is 5.16. The van der Waals surface area contributed by atoms with Crippen molar-refractivity contribution in [1.82, 2.24) is 4.90 Å². The van der Waals surface area contributed by atoms with E-state index in [-0.39, 0.29) is 27.8 Å². The van der Waals surface area contributed by atoms with Gasteiger partial charge in [-0.2, -0.15) is 0 Å². The topological polar surface area (TPSA) is 90.0 Å². The maximum absolute atomic E-state index is 12.5. The highest BCUT2D eigenvalue weighted by atomic mass is 35.5. The molecule has 0 unspecified atom stereocenters. The van der Waals surface area contributed by atoms with E-state index in [1.165, 1.54) is 6.08 Å². The van der Waals surface area contributed by atoms with Crippen molar-refractivity contribution in [1.29, 1.82) is 0 Å². The fourth-order valence-electron chi connectivity index (χ4n) is 2.58. The van der Waals surface area contributed by atoms with Gasteiger partial charge in [-0.3, -0.25) is 19.3 Å². The van der Waals surface area contributed by atoms with Crippen molar-refractivity contribution in [2.24, 2.45) is 0 Å². The number of halogens is 1. The van der Waals surface area contributed by atoms with Crippen LogP contribution in [-0.2, 0) is 14.3 Å². The van der Waals surface area contributed by atoms with E-state index in [4.69, 9.17) is 21.1 Å². The first-order chi connectivity index (χ1) is 14.4. The van der Waals surface area contributed by atoms with Gasteiger partial charge in [0.25, 0.3) is 11.1 Å². The van der Waals surface area contributed by atoms with Crippen molar-refractivity contribution in [3.63, 3.8) is 0 Å². The normalized spacial score (nSPS) is 14.9. The molecule has 0 atom stereocenters.